The normalized spacial score (nSPS) is 22.0. The van der Waals surface area contributed by atoms with Gasteiger partial charge in [0.05, 0.1) is 17.9 Å². The summed E-state index contributed by atoms with van der Waals surface area (Å²) in [5.74, 6) is -2.88. The van der Waals surface area contributed by atoms with Crippen molar-refractivity contribution in [2.45, 2.75) is 31.5 Å². The Morgan fingerprint density at radius 2 is 1.70 bits per heavy atom. The Balaban J connectivity index is 1.52. The van der Waals surface area contributed by atoms with E-state index in [1.54, 1.807) is 55.5 Å². The molecule has 3 aromatic rings. The quantitative estimate of drug-likeness (QED) is 0.568. The molecule has 2 N–H and O–H groups in total. The van der Waals surface area contributed by atoms with Crippen LogP contribution in [0.5, 0.6) is 0 Å². The Kier molecular flexibility index (Phi) is 6.29. The van der Waals surface area contributed by atoms with E-state index in [2.05, 4.69) is 10.3 Å². The molecular weight excluding hydrogens is 433 g/mol. The molecule has 1 aromatic heterocycles. The van der Waals surface area contributed by atoms with Crippen LogP contribution < -0.4 is 11.0 Å². The summed E-state index contributed by atoms with van der Waals surface area (Å²) in [5, 5.41) is 12.9. The van der Waals surface area contributed by atoms with Crippen molar-refractivity contribution in [1.29, 1.82) is 0 Å². The van der Waals surface area contributed by atoms with E-state index >= 15 is 0 Å². The van der Waals surface area contributed by atoms with Crippen molar-refractivity contribution in [2.24, 2.45) is 0 Å². The maximum atomic E-state index is 14.7. The van der Waals surface area contributed by atoms with E-state index in [4.69, 9.17) is 9.47 Å². The van der Waals surface area contributed by atoms with Crippen molar-refractivity contribution >= 4 is 17.7 Å². The van der Waals surface area contributed by atoms with Gasteiger partial charge in [-0.25, -0.2) is 14.0 Å². The minimum absolute atomic E-state index is 0.259. The first-order valence-corrected chi connectivity index (χ1v) is 10.1. The molecule has 2 heterocycles. The van der Waals surface area contributed by atoms with E-state index in [-0.39, 0.29) is 11.1 Å². The first-order valence-electron chi connectivity index (χ1n) is 10.1. The van der Waals surface area contributed by atoms with Gasteiger partial charge in [0.1, 0.15) is 6.10 Å². The number of hydrogen-bond donors (Lipinski definition) is 2. The highest BCUT2D eigenvalue weighted by atomic mass is 19.1. The Morgan fingerprint density at radius 1 is 1.09 bits per heavy atom. The number of halogens is 1. The monoisotopic (exact) mass is 453 g/mol. The molecule has 1 aliphatic rings. The highest BCUT2D eigenvalue weighted by Gasteiger charge is 2.45. The molecule has 2 aromatic carbocycles. The molecule has 1 fully saturated rings. The van der Waals surface area contributed by atoms with E-state index in [1.165, 1.54) is 12.1 Å². The molecule has 1 saturated heterocycles. The first-order chi connectivity index (χ1) is 15.8. The minimum atomic E-state index is -1.46. The van der Waals surface area contributed by atoms with Crippen LogP contribution in [0.1, 0.15) is 33.9 Å². The Labute approximate surface area is 187 Å². The van der Waals surface area contributed by atoms with Crippen molar-refractivity contribution in [2.75, 3.05) is 5.32 Å². The van der Waals surface area contributed by atoms with Gasteiger partial charge >= 0.3 is 11.7 Å². The standard InChI is InChI=1S/C23H20FN3O6/c1-13-18(33-22(30)15-10-6-3-7-11-15)17(28)21(32-13)27-12-16(24)19(26-23(27)31)25-20(29)14-8-4-2-5-9-14/h2-13,17-18,21,28H,1H3,(H,25,26,29,31)/t13-,17-,18-,21-/m1/s1. The lowest BCUT2D eigenvalue weighted by molar-refractivity contribution is -0.0357. The first kappa shape index (κ1) is 22.3. The summed E-state index contributed by atoms with van der Waals surface area (Å²) in [4.78, 5) is 40.7. The number of ether oxygens (including phenoxy) is 2. The van der Waals surface area contributed by atoms with E-state index in [0.29, 0.717) is 0 Å². The third-order valence-electron chi connectivity index (χ3n) is 5.15. The van der Waals surface area contributed by atoms with E-state index in [1.807, 2.05) is 0 Å². The van der Waals surface area contributed by atoms with Crippen LogP contribution in [0.4, 0.5) is 10.2 Å². The summed E-state index contributed by atoms with van der Waals surface area (Å²) in [7, 11) is 0. The number of carbonyl (C=O) groups excluding carboxylic acids is 2. The second kappa shape index (κ2) is 9.31. The van der Waals surface area contributed by atoms with E-state index < -0.39 is 53.7 Å². The number of aromatic nitrogens is 2. The van der Waals surface area contributed by atoms with Crippen molar-refractivity contribution in [3.8, 4) is 0 Å². The van der Waals surface area contributed by atoms with Crippen LogP contribution in [0.15, 0.2) is 71.7 Å². The average molecular weight is 453 g/mol. The molecule has 0 saturated carbocycles. The summed E-state index contributed by atoms with van der Waals surface area (Å²) in [5.41, 5.74) is -0.427. The molecule has 0 spiro atoms. The van der Waals surface area contributed by atoms with E-state index in [9.17, 15) is 23.9 Å². The Bertz CT molecular complexity index is 1220. The van der Waals surface area contributed by atoms with Gasteiger partial charge in [-0.05, 0) is 31.2 Å². The Hall–Kier alpha value is -3.89. The number of esters is 1. The van der Waals surface area contributed by atoms with Crippen molar-refractivity contribution in [3.63, 3.8) is 0 Å². The average Bonchev–Trinajstić information content (AvgIpc) is 3.10. The molecule has 0 bridgehead atoms. The van der Waals surface area contributed by atoms with Gasteiger partial charge in [-0.3, -0.25) is 9.36 Å². The fraction of sp³-hybridized carbons (Fsp3) is 0.217. The van der Waals surface area contributed by atoms with Crippen LogP contribution in [0.25, 0.3) is 0 Å². The summed E-state index contributed by atoms with van der Waals surface area (Å²) in [6.07, 6.45) is -3.92. The van der Waals surface area contributed by atoms with Crippen LogP contribution in [0.2, 0.25) is 0 Å². The van der Waals surface area contributed by atoms with Crippen molar-refractivity contribution in [3.05, 3.63) is 94.3 Å². The third kappa shape index (κ3) is 4.66. The van der Waals surface area contributed by atoms with Crippen LogP contribution in [-0.2, 0) is 9.47 Å². The number of nitrogens with zero attached hydrogens (tertiary/aromatic N) is 2. The maximum Gasteiger partial charge on any atom is 0.351 e. The molecule has 33 heavy (non-hydrogen) atoms. The number of anilines is 1. The lowest BCUT2D eigenvalue weighted by atomic mass is 10.1. The number of nitrogens with one attached hydrogen (secondary N) is 1. The topological polar surface area (TPSA) is 120 Å². The molecule has 0 aliphatic carbocycles. The third-order valence-corrected chi connectivity index (χ3v) is 5.15. The number of amides is 1. The molecule has 4 atom stereocenters. The summed E-state index contributed by atoms with van der Waals surface area (Å²) in [6.45, 7) is 1.55. The minimum Gasteiger partial charge on any atom is -0.453 e. The van der Waals surface area contributed by atoms with Crippen LogP contribution in [-0.4, -0.2) is 44.8 Å². The Morgan fingerprint density at radius 3 is 2.33 bits per heavy atom. The fourth-order valence-electron chi connectivity index (χ4n) is 3.46. The predicted molar refractivity (Wildman–Crippen MR) is 114 cm³/mol. The number of hydrogen-bond acceptors (Lipinski definition) is 7. The summed E-state index contributed by atoms with van der Waals surface area (Å²) < 4.78 is 26.4. The molecule has 1 amide bonds. The molecule has 170 valence electrons. The highest BCUT2D eigenvalue weighted by Crippen LogP contribution is 2.31. The van der Waals surface area contributed by atoms with Gasteiger partial charge in [-0.1, -0.05) is 36.4 Å². The van der Waals surface area contributed by atoms with Gasteiger partial charge in [0, 0.05) is 5.56 Å². The molecule has 4 rings (SSSR count). The fourth-order valence-corrected chi connectivity index (χ4v) is 3.46. The second-order valence-electron chi connectivity index (χ2n) is 7.41. The number of rotatable bonds is 5. The van der Waals surface area contributed by atoms with E-state index in [0.717, 1.165) is 10.8 Å². The number of benzene rings is 2. The van der Waals surface area contributed by atoms with Gasteiger partial charge < -0.3 is 19.9 Å². The molecule has 0 unspecified atom stereocenters. The second-order valence-corrected chi connectivity index (χ2v) is 7.41. The summed E-state index contributed by atoms with van der Waals surface area (Å²) >= 11 is 0. The van der Waals surface area contributed by atoms with Crippen molar-refractivity contribution in [1.82, 2.24) is 9.55 Å². The smallest absolute Gasteiger partial charge is 0.351 e. The van der Waals surface area contributed by atoms with Crippen LogP contribution in [0, 0.1) is 5.82 Å². The van der Waals surface area contributed by atoms with Crippen molar-refractivity contribution < 1.29 is 28.6 Å². The number of carbonyl (C=O) groups is 2. The molecule has 1 aliphatic heterocycles. The zero-order chi connectivity index (χ0) is 23.5. The number of aliphatic hydroxyl groups is 1. The lowest BCUT2D eigenvalue weighted by Gasteiger charge is -2.20. The lowest BCUT2D eigenvalue weighted by Crippen LogP contribution is -2.38. The zero-order valence-corrected chi connectivity index (χ0v) is 17.4. The maximum absolute atomic E-state index is 14.7. The summed E-state index contributed by atoms with van der Waals surface area (Å²) in [6, 6.07) is 16.2. The van der Waals surface area contributed by atoms with Gasteiger partial charge in [0.15, 0.2) is 24.0 Å². The van der Waals surface area contributed by atoms with Crippen LogP contribution >= 0.6 is 0 Å². The largest absolute Gasteiger partial charge is 0.453 e. The molecule has 9 nitrogen and oxygen atoms in total. The van der Waals surface area contributed by atoms with Gasteiger partial charge in [-0.2, -0.15) is 4.98 Å². The molecule has 10 heteroatoms. The zero-order valence-electron chi connectivity index (χ0n) is 17.4. The highest BCUT2D eigenvalue weighted by molar-refractivity contribution is 6.03. The van der Waals surface area contributed by atoms with Crippen LogP contribution in [0.3, 0.4) is 0 Å². The van der Waals surface area contributed by atoms with Gasteiger partial charge in [-0.15, -0.1) is 0 Å². The SMILES string of the molecule is C[C@H]1O[C@@H](n2cc(F)c(NC(=O)c3ccccc3)nc2=O)[C@H](O)[C@@H]1OC(=O)c1ccccc1. The molecular formula is C23H20FN3O6. The van der Waals surface area contributed by atoms with Gasteiger partial charge in [0.2, 0.25) is 0 Å². The van der Waals surface area contributed by atoms with Gasteiger partial charge in [0.25, 0.3) is 5.91 Å². The molecule has 0 radical (unpaired) electrons. The predicted octanol–water partition coefficient (Wildman–Crippen LogP) is 2.14. The number of aliphatic hydroxyl groups excluding tert-OH is 1.